The molecule has 25 heavy (non-hydrogen) atoms. The summed E-state index contributed by atoms with van der Waals surface area (Å²) in [6.07, 6.45) is 7.50. The minimum atomic E-state index is -0.287. The number of carbonyl (C=O) groups is 1. The van der Waals surface area contributed by atoms with E-state index in [1.165, 1.54) is 0 Å². The summed E-state index contributed by atoms with van der Waals surface area (Å²) in [6.45, 7) is 6.00. The molecule has 0 radical (unpaired) electrons. The van der Waals surface area contributed by atoms with E-state index < -0.39 is 0 Å². The van der Waals surface area contributed by atoms with Crippen molar-refractivity contribution in [2.45, 2.75) is 26.4 Å². The van der Waals surface area contributed by atoms with Gasteiger partial charge in [0.15, 0.2) is 5.78 Å². The molecule has 2 aromatic rings. The van der Waals surface area contributed by atoms with Crippen LogP contribution in [0.4, 0.5) is 0 Å². The van der Waals surface area contributed by atoms with Crippen LogP contribution in [0.2, 0.25) is 0 Å². The third-order valence-electron chi connectivity index (χ3n) is 4.19. The van der Waals surface area contributed by atoms with E-state index in [1.54, 1.807) is 19.3 Å². The highest BCUT2D eigenvalue weighted by atomic mass is 16.5. The van der Waals surface area contributed by atoms with Crippen molar-refractivity contribution in [3.05, 3.63) is 70.8 Å². The second kappa shape index (κ2) is 6.60. The molecule has 3 heteroatoms. The standard InChI is InChI=1S/C22H22O3/c1-15-5-8-17(14-21(15)24-4)19(23)9-6-16-7-10-20-18(13-16)11-12-22(2,3)25-20/h5-14H,1-4H3/b9-6+. The fraction of sp³-hybridized carbons (Fsp3) is 0.227. The highest BCUT2D eigenvalue weighted by Gasteiger charge is 2.21. The topological polar surface area (TPSA) is 35.5 Å². The largest absolute Gasteiger partial charge is 0.496 e. The number of allylic oxidation sites excluding steroid dienone is 1. The molecule has 0 bridgehead atoms. The zero-order valence-electron chi connectivity index (χ0n) is 15.0. The van der Waals surface area contributed by atoms with Gasteiger partial charge in [-0.15, -0.1) is 0 Å². The van der Waals surface area contributed by atoms with Crippen LogP contribution in [-0.2, 0) is 0 Å². The highest BCUT2D eigenvalue weighted by molar-refractivity contribution is 6.07. The zero-order chi connectivity index (χ0) is 18.0. The second-order valence-corrected chi connectivity index (χ2v) is 6.72. The molecule has 0 aromatic heterocycles. The van der Waals surface area contributed by atoms with E-state index >= 15 is 0 Å². The number of carbonyl (C=O) groups excluding carboxylic acids is 1. The molecule has 128 valence electrons. The normalized spacial score (nSPS) is 14.9. The molecular weight excluding hydrogens is 312 g/mol. The van der Waals surface area contributed by atoms with Crippen molar-refractivity contribution in [2.75, 3.05) is 7.11 Å². The Balaban J connectivity index is 1.79. The van der Waals surface area contributed by atoms with E-state index in [2.05, 4.69) is 6.08 Å². The Bertz CT molecular complexity index is 873. The minimum absolute atomic E-state index is 0.0519. The van der Waals surface area contributed by atoms with Gasteiger partial charge in [-0.05, 0) is 62.2 Å². The van der Waals surface area contributed by atoms with Gasteiger partial charge < -0.3 is 9.47 Å². The summed E-state index contributed by atoms with van der Waals surface area (Å²) < 4.78 is 11.2. The molecule has 0 N–H and O–H groups in total. The Morgan fingerprint density at radius 1 is 1.16 bits per heavy atom. The van der Waals surface area contributed by atoms with Crippen molar-refractivity contribution in [1.82, 2.24) is 0 Å². The highest BCUT2D eigenvalue weighted by Crippen LogP contribution is 2.31. The van der Waals surface area contributed by atoms with Crippen LogP contribution in [0.1, 0.15) is 40.9 Å². The van der Waals surface area contributed by atoms with Crippen molar-refractivity contribution < 1.29 is 14.3 Å². The molecule has 1 aliphatic rings. The Morgan fingerprint density at radius 2 is 1.96 bits per heavy atom. The number of ether oxygens (including phenoxy) is 2. The summed E-state index contributed by atoms with van der Waals surface area (Å²) in [4.78, 5) is 12.4. The fourth-order valence-electron chi connectivity index (χ4n) is 2.74. The lowest BCUT2D eigenvalue weighted by atomic mass is 10.0. The molecule has 0 unspecified atom stereocenters. The maximum atomic E-state index is 12.4. The van der Waals surface area contributed by atoms with Gasteiger partial charge in [-0.1, -0.05) is 30.4 Å². The quantitative estimate of drug-likeness (QED) is 0.577. The summed E-state index contributed by atoms with van der Waals surface area (Å²) in [7, 11) is 1.61. The number of benzene rings is 2. The molecule has 3 rings (SSSR count). The maximum absolute atomic E-state index is 12.4. The molecule has 3 nitrogen and oxygen atoms in total. The van der Waals surface area contributed by atoms with Crippen LogP contribution < -0.4 is 9.47 Å². The summed E-state index contributed by atoms with van der Waals surface area (Å²) in [6, 6.07) is 11.4. The second-order valence-electron chi connectivity index (χ2n) is 6.72. The Kier molecular flexibility index (Phi) is 4.49. The average molecular weight is 334 g/mol. The van der Waals surface area contributed by atoms with Gasteiger partial charge in [-0.3, -0.25) is 4.79 Å². The van der Waals surface area contributed by atoms with Crippen LogP contribution in [0, 0.1) is 6.92 Å². The molecule has 1 heterocycles. The van der Waals surface area contributed by atoms with Gasteiger partial charge in [-0.2, -0.15) is 0 Å². The Hall–Kier alpha value is -2.81. The van der Waals surface area contributed by atoms with Crippen molar-refractivity contribution >= 4 is 17.9 Å². The Morgan fingerprint density at radius 3 is 2.72 bits per heavy atom. The first-order chi connectivity index (χ1) is 11.9. The summed E-state index contributed by atoms with van der Waals surface area (Å²) in [5.74, 6) is 1.53. The Labute approximate surface area is 148 Å². The molecule has 0 spiro atoms. The van der Waals surface area contributed by atoms with Gasteiger partial charge in [0, 0.05) is 11.1 Å². The van der Waals surface area contributed by atoms with Gasteiger partial charge >= 0.3 is 0 Å². The number of ketones is 1. The number of aryl methyl sites for hydroxylation is 1. The van der Waals surface area contributed by atoms with E-state index in [0.717, 1.165) is 28.2 Å². The lowest BCUT2D eigenvalue weighted by molar-refractivity contribution is 0.104. The SMILES string of the molecule is COc1cc(C(=O)/C=C/c2ccc3c(c2)C=CC(C)(C)O3)ccc1C. The van der Waals surface area contributed by atoms with Crippen LogP contribution in [-0.4, -0.2) is 18.5 Å². The van der Waals surface area contributed by atoms with Crippen LogP contribution >= 0.6 is 0 Å². The molecule has 1 aliphatic heterocycles. The molecule has 0 aliphatic carbocycles. The molecule has 0 saturated carbocycles. The summed E-state index contributed by atoms with van der Waals surface area (Å²) in [5, 5.41) is 0. The van der Waals surface area contributed by atoms with Gasteiger partial charge in [0.2, 0.25) is 0 Å². The van der Waals surface area contributed by atoms with Gasteiger partial charge in [0.1, 0.15) is 17.1 Å². The molecule has 0 saturated heterocycles. The molecule has 2 aromatic carbocycles. The first kappa shape index (κ1) is 17.0. The van der Waals surface area contributed by atoms with Crippen molar-refractivity contribution in [3.63, 3.8) is 0 Å². The number of methoxy groups -OCH3 is 1. The minimum Gasteiger partial charge on any atom is -0.496 e. The zero-order valence-corrected chi connectivity index (χ0v) is 15.0. The lowest BCUT2D eigenvalue weighted by Crippen LogP contribution is -2.27. The van der Waals surface area contributed by atoms with Crippen LogP contribution in [0.15, 0.2) is 48.6 Å². The van der Waals surface area contributed by atoms with Crippen molar-refractivity contribution in [2.24, 2.45) is 0 Å². The summed E-state index contributed by atoms with van der Waals surface area (Å²) in [5.41, 5.74) is 3.31. The predicted octanol–water partition coefficient (Wildman–Crippen LogP) is 5.08. The number of hydrogen-bond donors (Lipinski definition) is 0. The molecular formula is C22H22O3. The van der Waals surface area contributed by atoms with Crippen molar-refractivity contribution in [1.29, 1.82) is 0 Å². The fourth-order valence-corrected chi connectivity index (χ4v) is 2.74. The number of fused-ring (bicyclic) bond motifs is 1. The third kappa shape index (κ3) is 3.82. The summed E-state index contributed by atoms with van der Waals surface area (Å²) >= 11 is 0. The van der Waals surface area contributed by atoms with E-state index in [4.69, 9.17) is 9.47 Å². The van der Waals surface area contributed by atoms with Crippen LogP contribution in [0.5, 0.6) is 11.5 Å². The molecule has 0 atom stereocenters. The number of hydrogen-bond acceptors (Lipinski definition) is 3. The van der Waals surface area contributed by atoms with Gasteiger partial charge in [0.05, 0.1) is 7.11 Å². The maximum Gasteiger partial charge on any atom is 0.185 e. The van der Waals surface area contributed by atoms with Gasteiger partial charge in [0.25, 0.3) is 0 Å². The average Bonchev–Trinajstić information content (AvgIpc) is 2.59. The predicted molar refractivity (Wildman–Crippen MR) is 101 cm³/mol. The number of rotatable bonds is 4. The molecule has 0 amide bonds. The van der Waals surface area contributed by atoms with Crippen molar-refractivity contribution in [3.8, 4) is 11.5 Å². The lowest BCUT2D eigenvalue weighted by Gasteiger charge is -2.27. The smallest absolute Gasteiger partial charge is 0.185 e. The molecule has 0 fully saturated rings. The van der Waals surface area contributed by atoms with Crippen LogP contribution in [0.3, 0.4) is 0 Å². The first-order valence-electron chi connectivity index (χ1n) is 8.27. The van der Waals surface area contributed by atoms with E-state index in [9.17, 15) is 4.79 Å². The monoisotopic (exact) mass is 334 g/mol. The van der Waals surface area contributed by atoms with Crippen LogP contribution in [0.25, 0.3) is 12.2 Å². The third-order valence-corrected chi connectivity index (χ3v) is 4.19. The van der Waals surface area contributed by atoms with Gasteiger partial charge in [-0.25, -0.2) is 0 Å². The van der Waals surface area contributed by atoms with E-state index in [0.29, 0.717) is 5.56 Å². The first-order valence-corrected chi connectivity index (χ1v) is 8.27. The van der Waals surface area contributed by atoms with E-state index in [-0.39, 0.29) is 11.4 Å². The van der Waals surface area contributed by atoms with E-state index in [1.807, 2.05) is 63.3 Å².